The smallest absolute Gasteiger partial charge is 0.186 e. The lowest BCUT2D eigenvalue weighted by molar-refractivity contribution is 0.104. The Morgan fingerprint density at radius 3 is 2.19 bits per heavy atom. The summed E-state index contributed by atoms with van der Waals surface area (Å²) in [7, 11) is 3.20. The number of hydrogen-bond acceptors (Lipinski definition) is 3. The molecular weight excluding hydrogens is 264 g/mol. The van der Waals surface area contributed by atoms with Crippen molar-refractivity contribution in [3.8, 4) is 11.5 Å². The predicted molar refractivity (Wildman–Crippen MR) is 84.1 cm³/mol. The van der Waals surface area contributed by atoms with E-state index in [9.17, 15) is 4.79 Å². The van der Waals surface area contributed by atoms with Crippen LogP contribution in [0.3, 0.4) is 0 Å². The highest BCUT2D eigenvalue weighted by molar-refractivity contribution is 6.07. The summed E-state index contributed by atoms with van der Waals surface area (Å²) >= 11 is 0. The number of carbonyl (C=O) groups is 1. The molecule has 0 bridgehead atoms. The Bertz CT molecular complexity index is 650. The van der Waals surface area contributed by atoms with Gasteiger partial charge in [0.15, 0.2) is 5.78 Å². The molecule has 0 heterocycles. The second kappa shape index (κ2) is 6.75. The number of ketones is 1. The Labute approximate surface area is 124 Å². The van der Waals surface area contributed by atoms with Gasteiger partial charge in [-0.15, -0.1) is 0 Å². The Kier molecular flexibility index (Phi) is 4.77. The minimum Gasteiger partial charge on any atom is -0.497 e. The van der Waals surface area contributed by atoms with Crippen molar-refractivity contribution in [1.29, 1.82) is 0 Å². The Hall–Kier alpha value is -2.55. The number of rotatable bonds is 5. The van der Waals surface area contributed by atoms with E-state index in [0.717, 1.165) is 11.1 Å². The summed E-state index contributed by atoms with van der Waals surface area (Å²) in [6.07, 6.45) is 3.33. The summed E-state index contributed by atoms with van der Waals surface area (Å²) in [6, 6.07) is 13.0. The lowest BCUT2D eigenvalue weighted by Crippen LogP contribution is -1.97. The van der Waals surface area contributed by atoms with E-state index in [4.69, 9.17) is 9.47 Å². The SMILES string of the molecule is COc1cc(/C=C/C(=O)c2ccccc2C)cc(OC)c1. The standard InChI is InChI=1S/C18H18O3/c1-13-6-4-5-7-17(13)18(19)9-8-14-10-15(20-2)12-16(11-14)21-3/h4-12H,1-3H3/b9-8+. The van der Waals surface area contributed by atoms with Crippen LogP contribution in [0.1, 0.15) is 21.5 Å². The molecule has 0 aromatic heterocycles. The highest BCUT2D eigenvalue weighted by atomic mass is 16.5. The van der Waals surface area contributed by atoms with Gasteiger partial charge in [-0.05, 0) is 36.3 Å². The fourth-order valence-corrected chi connectivity index (χ4v) is 2.04. The fraction of sp³-hybridized carbons (Fsp3) is 0.167. The fourth-order valence-electron chi connectivity index (χ4n) is 2.04. The zero-order valence-electron chi connectivity index (χ0n) is 12.4. The van der Waals surface area contributed by atoms with Crippen molar-refractivity contribution in [3.05, 3.63) is 65.2 Å². The molecule has 0 spiro atoms. The molecule has 0 saturated carbocycles. The van der Waals surface area contributed by atoms with Crippen LogP contribution < -0.4 is 9.47 Å². The van der Waals surface area contributed by atoms with Crippen LogP contribution in [0.2, 0.25) is 0 Å². The average molecular weight is 282 g/mol. The van der Waals surface area contributed by atoms with E-state index in [1.807, 2.05) is 43.3 Å². The third-order valence-electron chi connectivity index (χ3n) is 3.21. The average Bonchev–Trinajstić information content (AvgIpc) is 2.52. The van der Waals surface area contributed by atoms with Crippen molar-refractivity contribution >= 4 is 11.9 Å². The van der Waals surface area contributed by atoms with E-state index >= 15 is 0 Å². The van der Waals surface area contributed by atoms with Gasteiger partial charge in [0.25, 0.3) is 0 Å². The molecule has 0 aliphatic heterocycles. The molecule has 21 heavy (non-hydrogen) atoms. The van der Waals surface area contributed by atoms with Gasteiger partial charge in [-0.2, -0.15) is 0 Å². The van der Waals surface area contributed by atoms with Crippen LogP contribution in [0.4, 0.5) is 0 Å². The van der Waals surface area contributed by atoms with Gasteiger partial charge in [0.1, 0.15) is 11.5 Å². The van der Waals surface area contributed by atoms with Crippen LogP contribution in [0.5, 0.6) is 11.5 Å². The van der Waals surface area contributed by atoms with Gasteiger partial charge in [-0.25, -0.2) is 0 Å². The first-order valence-corrected chi connectivity index (χ1v) is 6.65. The summed E-state index contributed by atoms with van der Waals surface area (Å²) in [5, 5.41) is 0. The summed E-state index contributed by atoms with van der Waals surface area (Å²) in [5.41, 5.74) is 2.53. The lowest BCUT2D eigenvalue weighted by atomic mass is 10.0. The molecule has 0 fully saturated rings. The monoisotopic (exact) mass is 282 g/mol. The maximum atomic E-state index is 12.2. The molecule has 2 aromatic carbocycles. The number of methoxy groups -OCH3 is 2. The van der Waals surface area contributed by atoms with Crippen molar-refractivity contribution in [1.82, 2.24) is 0 Å². The minimum atomic E-state index is -0.0186. The van der Waals surface area contributed by atoms with E-state index in [1.54, 1.807) is 32.4 Å². The van der Waals surface area contributed by atoms with Crippen molar-refractivity contribution in [3.63, 3.8) is 0 Å². The second-order valence-corrected chi connectivity index (χ2v) is 4.66. The van der Waals surface area contributed by atoms with E-state index in [1.165, 1.54) is 0 Å². The van der Waals surface area contributed by atoms with Crippen LogP contribution >= 0.6 is 0 Å². The van der Waals surface area contributed by atoms with Crippen molar-refractivity contribution in [2.24, 2.45) is 0 Å². The molecule has 0 amide bonds. The maximum Gasteiger partial charge on any atom is 0.186 e. The van der Waals surface area contributed by atoms with Gasteiger partial charge in [0.2, 0.25) is 0 Å². The number of carbonyl (C=O) groups excluding carboxylic acids is 1. The van der Waals surface area contributed by atoms with Crippen LogP contribution in [0, 0.1) is 6.92 Å². The largest absolute Gasteiger partial charge is 0.497 e. The van der Waals surface area contributed by atoms with Gasteiger partial charge in [-0.3, -0.25) is 4.79 Å². The molecule has 0 N–H and O–H groups in total. The number of hydrogen-bond donors (Lipinski definition) is 0. The molecule has 0 radical (unpaired) electrons. The van der Waals surface area contributed by atoms with Gasteiger partial charge < -0.3 is 9.47 Å². The normalized spacial score (nSPS) is 10.6. The Morgan fingerprint density at radius 1 is 1.00 bits per heavy atom. The summed E-state index contributed by atoms with van der Waals surface area (Å²) in [6.45, 7) is 1.93. The zero-order valence-corrected chi connectivity index (χ0v) is 12.4. The quantitative estimate of drug-likeness (QED) is 0.616. The zero-order chi connectivity index (χ0) is 15.2. The number of allylic oxidation sites excluding steroid dienone is 1. The summed E-state index contributed by atoms with van der Waals surface area (Å²) in [5.74, 6) is 1.37. The van der Waals surface area contributed by atoms with Gasteiger partial charge in [-0.1, -0.05) is 30.3 Å². The molecule has 0 atom stereocenters. The number of benzene rings is 2. The highest BCUT2D eigenvalue weighted by Gasteiger charge is 2.05. The van der Waals surface area contributed by atoms with E-state index in [-0.39, 0.29) is 5.78 Å². The number of ether oxygens (including phenoxy) is 2. The lowest BCUT2D eigenvalue weighted by Gasteiger charge is -2.06. The molecule has 108 valence electrons. The maximum absolute atomic E-state index is 12.2. The van der Waals surface area contributed by atoms with Crippen LogP contribution in [0.25, 0.3) is 6.08 Å². The Balaban J connectivity index is 2.25. The van der Waals surface area contributed by atoms with Crippen molar-refractivity contribution < 1.29 is 14.3 Å². The van der Waals surface area contributed by atoms with Gasteiger partial charge in [0.05, 0.1) is 14.2 Å². The van der Waals surface area contributed by atoms with Crippen molar-refractivity contribution in [2.45, 2.75) is 6.92 Å². The topological polar surface area (TPSA) is 35.5 Å². The molecule has 0 aliphatic rings. The van der Waals surface area contributed by atoms with Crippen LogP contribution in [-0.4, -0.2) is 20.0 Å². The highest BCUT2D eigenvalue weighted by Crippen LogP contribution is 2.23. The molecule has 3 nitrogen and oxygen atoms in total. The van der Waals surface area contributed by atoms with E-state index in [0.29, 0.717) is 17.1 Å². The third-order valence-corrected chi connectivity index (χ3v) is 3.21. The third kappa shape index (κ3) is 3.72. The summed E-state index contributed by atoms with van der Waals surface area (Å²) in [4.78, 5) is 12.2. The molecule has 3 heteroatoms. The van der Waals surface area contributed by atoms with E-state index < -0.39 is 0 Å². The van der Waals surface area contributed by atoms with Crippen molar-refractivity contribution in [2.75, 3.05) is 14.2 Å². The molecule has 2 rings (SSSR count). The molecule has 0 saturated heterocycles. The molecule has 0 unspecified atom stereocenters. The minimum absolute atomic E-state index is 0.0186. The first kappa shape index (κ1) is 14.9. The van der Waals surface area contributed by atoms with Crippen LogP contribution in [0.15, 0.2) is 48.5 Å². The second-order valence-electron chi connectivity index (χ2n) is 4.66. The predicted octanol–water partition coefficient (Wildman–Crippen LogP) is 3.91. The first-order chi connectivity index (χ1) is 10.1. The Morgan fingerprint density at radius 2 is 1.62 bits per heavy atom. The van der Waals surface area contributed by atoms with Gasteiger partial charge in [0, 0.05) is 11.6 Å². The van der Waals surface area contributed by atoms with Gasteiger partial charge >= 0.3 is 0 Å². The summed E-state index contributed by atoms with van der Waals surface area (Å²) < 4.78 is 10.4. The first-order valence-electron chi connectivity index (χ1n) is 6.65. The molecule has 2 aromatic rings. The number of aryl methyl sites for hydroxylation is 1. The van der Waals surface area contributed by atoms with Crippen LogP contribution in [-0.2, 0) is 0 Å². The molecule has 0 aliphatic carbocycles. The molecular formula is C18H18O3. The van der Waals surface area contributed by atoms with E-state index in [2.05, 4.69) is 0 Å².